The number of aromatic nitrogens is 1. The number of nitrogens with two attached hydrogens (primary N) is 1. The van der Waals surface area contributed by atoms with Crippen LogP contribution in [-0.4, -0.2) is 19.1 Å². The van der Waals surface area contributed by atoms with E-state index in [2.05, 4.69) is 27.3 Å². The van der Waals surface area contributed by atoms with Gasteiger partial charge in [0, 0.05) is 25.5 Å². The summed E-state index contributed by atoms with van der Waals surface area (Å²) in [5.74, 6) is 0. The summed E-state index contributed by atoms with van der Waals surface area (Å²) in [4.78, 5) is 6.37. The Kier molecular flexibility index (Phi) is 3.20. The van der Waals surface area contributed by atoms with Crippen molar-refractivity contribution in [3.05, 3.63) is 41.9 Å². The van der Waals surface area contributed by atoms with Crippen LogP contribution >= 0.6 is 11.3 Å². The Morgan fingerprint density at radius 3 is 2.55 bits per heavy atom. The quantitative estimate of drug-likeness (QED) is 0.720. The molecule has 5 heteroatoms. The lowest BCUT2D eigenvalue weighted by Crippen LogP contribution is -2.08. The maximum Gasteiger partial charge on any atom is 0.106 e. The largest absolute Gasteiger partial charge is 0.395 e. The van der Waals surface area contributed by atoms with E-state index in [1.807, 2.05) is 43.9 Å². The molecule has 3 N–H and O–H groups in total. The number of nitrogen functional groups attached to an aromatic ring is 1. The van der Waals surface area contributed by atoms with Gasteiger partial charge in [-0.05, 0) is 36.4 Å². The minimum atomic E-state index is 0.695. The lowest BCUT2D eigenvalue weighted by molar-refractivity contribution is 1.13. The Balaban J connectivity index is 1.90. The summed E-state index contributed by atoms with van der Waals surface area (Å²) in [6, 6.07) is 12.3. The highest BCUT2D eigenvalue weighted by molar-refractivity contribution is 7.16. The van der Waals surface area contributed by atoms with Crippen molar-refractivity contribution in [2.75, 3.05) is 30.0 Å². The lowest BCUT2D eigenvalue weighted by Gasteiger charge is -2.14. The van der Waals surface area contributed by atoms with Crippen LogP contribution < -0.4 is 16.0 Å². The van der Waals surface area contributed by atoms with Crippen molar-refractivity contribution >= 4 is 44.3 Å². The first-order valence-electron chi connectivity index (χ1n) is 6.31. The zero-order chi connectivity index (χ0) is 14.1. The van der Waals surface area contributed by atoms with Gasteiger partial charge in [-0.3, -0.25) is 0 Å². The highest BCUT2D eigenvalue weighted by atomic mass is 32.1. The Morgan fingerprint density at radius 1 is 1.10 bits per heavy atom. The second-order valence-corrected chi connectivity index (χ2v) is 5.68. The molecular weight excluding hydrogens is 268 g/mol. The number of rotatable bonds is 3. The molecule has 0 aliphatic rings. The second-order valence-electron chi connectivity index (χ2n) is 4.79. The molecule has 1 heterocycles. The number of nitrogens with one attached hydrogen (secondary N) is 1. The molecule has 4 nitrogen and oxygen atoms in total. The van der Waals surface area contributed by atoms with E-state index in [-0.39, 0.29) is 0 Å². The van der Waals surface area contributed by atoms with Crippen molar-refractivity contribution in [3.63, 3.8) is 0 Å². The minimum absolute atomic E-state index is 0.695. The van der Waals surface area contributed by atoms with E-state index in [0.717, 1.165) is 21.6 Å². The number of benzene rings is 2. The van der Waals surface area contributed by atoms with Crippen molar-refractivity contribution in [1.29, 1.82) is 0 Å². The summed E-state index contributed by atoms with van der Waals surface area (Å²) in [7, 11) is 4.05. The van der Waals surface area contributed by atoms with Crippen LogP contribution in [0.5, 0.6) is 0 Å². The van der Waals surface area contributed by atoms with Gasteiger partial charge in [0.2, 0.25) is 0 Å². The first-order chi connectivity index (χ1) is 9.65. The fourth-order valence-corrected chi connectivity index (χ4v) is 2.75. The molecule has 0 aliphatic heterocycles. The average Bonchev–Trinajstić information content (AvgIpc) is 2.92. The smallest absolute Gasteiger partial charge is 0.106 e. The van der Waals surface area contributed by atoms with Crippen LogP contribution in [0.4, 0.5) is 22.7 Å². The second kappa shape index (κ2) is 5.02. The van der Waals surface area contributed by atoms with E-state index >= 15 is 0 Å². The van der Waals surface area contributed by atoms with Gasteiger partial charge in [0.25, 0.3) is 0 Å². The van der Waals surface area contributed by atoms with Crippen LogP contribution in [0.1, 0.15) is 0 Å². The first kappa shape index (κ1) is 12.7. The van der Waals surface area contributed by atoms with Gasteiger partial charge in [0.05, 0.1) is 21.6 Å². The third kappa shape index (κ3) is 2.28. The minimum Gasteiger partial charge on any atom is -0.395 e. The normalized spacial score (nSPS) is 10.7. The summed E-state index contributed by atoms with van der Waals surface area (Å²) >= 11 is 1.60. The van der Waals surface area contributed by atoms with Gasteiger partial charge in [0.15, 0.2) is 0 Å². The fraction of sp³-hybridized carbons (Fsp3) is 0.133. The maximum absolute atomic E-state index is 6.16. The predicted octanol–water partition coefficient (Wildman–Crippen LogP) is 3.69. The molecule has 3 aromatic rings. The van der Waals surface area contributed by atoms with Crippen molar-refractivity contribution in [1.82, 2.24) is 4.98 Å². The summed E-state index contributed by atoms with van der Waals surface area (Å²) in [6.07, 6.45) is 0. The third-order valence-electron chi connectivity index (χ3n) is 3.20. The summed E-state index contributed by atoms with van der Waals surface area (Å²) in [5, 5.41) is 3.34. The molecule has 0 amide bonds. The van der Waals surface area contributed by atoms with Gasteiger partial charge in [0.1, 0.15) is 5.52 Å². The molecule has 0 fully saturated rings. The molecule has 2 aromatic carbocycles. The van der Waals surface area contributed by atoms with Crippen LogP contribution in [0, 0.1) is 0 Å². The van der Waals surface area contributed by atoms with E-state index in [4.69, 9.17) is 5.73 Å². The molecule has 102 valence electrons. The van der Waals surface area contributed by atoms with E-state index in [1.54, 1.807) is 11.3 Å². The predicted molar refractivity (Wildman–Crippen MR) is 88.1 cm³/mol. The highest BCUT2D eigenvalue weighted by Gasteiger charge is 2.07. The Hall–Kier alpha value is -2.27. The Labute approximate surface area is 121 Å². The monoisotopic (exact) mass is 284 g/mol. The summed E-state index contributed by atoms with van der Waals surface area (Å²) in [5.41, 5.74) is 12.6. The molecular formula is C15H16N4S. The van der Waals surface area contributed by atoms with E-state index < -0.39 is 0 Å². The van der Waals surface area contributed by atoms with Gasteiger partial charge in [-0.25, -0.2) is 4.98 Å². The number of hydrogen-bond acceptors (Lipinski definition) is 5. The molecule has 20 heavy (non-hydrogen) atoms. The van der Waals surface area contributed by atoms with Crippen molar-refractivity contribution in [3.8, 4) is 0 Å². The number of anilines is 4. The topological polar surface area (TPSA) is 54.2 Å². The number of fused-ring (bicyclic) bond motifs is 1. The standard InChI is InChI=1S/C15H16N4S/c1-19(2)11-5-3-10(4-6-11)18-12-7-8-13-15(14(12)16)17-9-20-13/h3-9,18H,16H2,1-2H3. The van der Waals surface area contributed by atoms with Gasteiger partial charge in [-0.2, -0.15) is 0 Å². The van der Waals surface area contributed by atoms with Crippen LogP contribution in [0.3, 0.4) is 0 Å². The van der Waals surface area contributed by atoms with Crippen LogP contribution in [0.15, 0.2) is 41.9 Å². The Morgan fingerprint density at radius 2 is 1.85 bits per heavy atom. The van der Waals surface area contributed by atoms with Gasteiger partial charge >= 0.3 is 0 Å². The zero-order valence-electron chi connectivity index (χ0n) is 11.4. The van der Waals surface area contributed by atoms with E-state index in [1.165, 1.54) is 5.69 Å². The Bertz CT molecular complexity index is 731. The molecule has 0 saturated carbocycles. The van der Waals surface area contributed by atoms with Crippen LogP contribution in [-0.2, 0) is 0 Å². The third-order valence-corrected chi connectivity index (χ3v) is 4.00. The SMILES string of the molecule is CN(C)c1ccc(Nc2ccc3scnc3c2N)cc1. The van der Waals surface area contributed by atoms with Gasteiger partial charge < -0.3 is 16.0 Å². The first-order valence-corrected chi connectivity index (χ1v) is 7.19. The van der Waals surface area contributed by atoms with E-state index in [9.17, 15) is 0 Å². The average molecular weight is 284 g/mol. The maximum atomic E-state index is 6.16. The van der Waals surface area contributed by atoms with Crippen LogP contribution in [0.2, 0.25) is 0 Å². The summed E-state index contributed by atoms with van der Waals surface area (Å²) < 4.78 is 1.11. The molecule has 0 unspecified atom stereocenters. The number of nitrogens with zero attached hydrogens (tertiary/aromatic N) is 2. The molecule has 3 rings (SSSR count). The molecule has 0 bridgehead atoms. The zero-order valence-corrected chi connectivity index (χ0v) is 12.2. The van der Waals surface area contributed by atoms with Gasteiger partial charge in [-0.1, -0.05) is 0 Å². The number of thiazole rings is 1. The van der Waals surface area contributed by atoms with Crippen LogP contribution in [0.25, 0.3) is 10.2 Å². The lowest BCUT2D eigenvalue weighted by atomic mass is 10.2. The molecule has 0 saturated heterocycles. The van der Waals surface area contributed by atoms with Crippen molar-refractivity contribution in [2.24, 2.45) is 0 Å². The molecule has 0 aliphatic carbocycles. The summed E-state index contributed by atoms with van der Waals surface area (Å²) in [6.45, 7) is 0. The van der Waals surface area contributed by atoms with Crippen molar-refractivity contribution < 1.29 is 0 Å². The highest BCUT2D eigenvalue weighted by Crippen LogP contribution is 2.32. The molecule has 1 aromatic heterocycles. The number of hydrogen-bond donors (Lipinski definition) is 2. The fourth-order valence-electron chi connectivity index (χ4n) is 2.06. The van der Waals surface area contributed by atoms with Crippen molar-refractivity contribution in [2.45, 2.75) is 0 Å². The molecule has 0 radical (unpaired) electrons. The molecule has 0 spiro atoms. The molecule has 0 atom stereocenters. The van der Waals surface area contributed by atoms with Gasteiger partial charge in [-0.15, -0.1) is 11.3 Å². The van der Waals surface area contributed by atoms with E-state index in [0.29, 0.717) is 5.69 Å².